The Hall–Kier alpha value is -1.91. The van der Waals surface area contributed by atoms with Crippen molar-refractivity contribution in [3.8, 4) is 0 Å². The van der Waals surface area contributed by atoms with Crippen molar-refractivity contribution in [3.63, 3.8) is 0 Å². The van der Waals surface area contributed by atoms with Gasteiger partial charge in [0.25, 0.3) is 0 Å². The summed E-state index contributed by atoms with van der Waals surface area (Å²) < 4.78 is 2.41. The van der Waals surface area contributed by atoms with Crippen molar-refractivity contribution in [1.29, 1.82) is 0 Å². The number of aromatic nitrogens is 3. The molecule has 2 aromatic heterocycles. The van der Waals surface area contributed by atoms with Crippen LogP contribution in [0.25, 0.3) is 11.0 Å². The topological polar surface area (TPSA) is 51.0 Å². The third-order valence-corrected chi connectivity index (χ3v) is 3.79. The van der Waals surface area contributed by atoms with E-state index in [2.05, 4.69) is 27.5 Å². The Kier molecular flexibility index (Phi) is 4.94. The van der Waals surface area contributed by atoms with E-state index >= 15 is 0 Å². The highest BCUT2D eigenvalue weighted by atomic mass is 16.1. The molecule has 0 radical (unpaired) electrons. The van der Waals surface area contributed by atoms with Crippen LogP contribution >= 0.6 is 0 Å². The second kappa shape index (κ2) is 6.70. The van der Waals surface area contributed by atoms with E-state index < -0.39 is 0 Å². The zero-order chi connectivity index (χ0) is 15.4. The molecule has 5 heteroatoms. The molecule has 2 heterocycles. The first-order valence-electron chi connectivity index (χ1n) is 7.46. The van der Waals surface area contributed by atoms with Gasteiger partial charge in [-0.1, -0.05) is 12.8 Å². The monoisotopic (exact) mass is 288 g/mol. The van der Waals surface area contributed by atoms with Gasteiger partial charge in [0.05, 0.1) is 0 Å². The lowest BCUT2D eigenvalue weighted by molar-refractivity contribution is -0.115. The summed E-state index contributed by atoms with van der Waals surface area (Å²) in [7, 11) is 3.38. The first-order valence-corrected chi connectivity index (χ1v) is 7.46. The van der Waals surface area contributed by atoms with E-state index in [1.54, 1.807) is 14.1 Å². The molecule has 0 saturated heterocycles. The molecule has 0 aliphatic heterocycles. The minimum Gasteiger partial charge on any atom is -0.351 e. The summed E-state index contributed by atoms with van der Waals surface area (Å²) in [5, 5.41) is 1.18. The van der Waals surface area contributed by atoms with Crippen LogP contribution in [0.15, 0.2) is 12.3 Å². The molecular weight excluding hydrogens is 264 g/mol. The number of hydrogen-bond donors (Lipinski definition) is 0. The third-order valence-electron chi connectivity index (χ3n) is 3.79. The number of nitrogens with zero attached hydrogens (tertiary/aromatic N) is 4. The Labute approximate surface area is 126 Å². The van der Waals surface area contributed by atoms with E-state index in [-0.39, 0.29) is 0 Å². The zero-order valence-corrected chi connectivity index (χ0v) is 13.3. The fourth-order valence-electron chi connectivity index (χ4n) is 2.85. The van der Waals surface area contributed by atoms with E-state index in [4.69, 9.17) is 0 Å². The first kappa shape index (κ1) is 15.5. The van der Waals surface area contributed by atoms with Crippen LogP contribution in [-0.2, 0) is 4.79 Å². The zero-order valence-electron chi connectivity index (χ0n) is 13.3. The summed E-state index contributed by atoms with van der Waals surface area (Å²) in [6, 6.07) is 2.86. The highest BCUT2D eigenvalue weighted by Gasteiger charge is 2.20. The molecule has 1 aliphatic carbocycles. The maximum absolute atomic E-state index is 9.43. The maximum Gasteiger partial charge on any atom is 0.209 e. The predicted octanol–water partition coefficient (Wildman–Crippen LogP) is 2.87. The highest BCUT2D eigenvalue weighted by Crippen LogP contribution is 2.33. The second-order valence-electron chi connectivity index (χ2n) is 5.86. The number of fused-ring (bicyclic) bond motifs is 1. The van der Waals surface area contributed by atoms with Crippen molar-refractivity contribution in [3.05, 3.63) is 23.8 Å². The van der Waals surface area contributed by atoms with Crippen LogP contribution in [0.3, 0.4) is 0 Å². The molecule has 114 valence electrons. The summed E-state index contributed by atoms with van der Waals surface area (Å²) in [5.74, 6) is 0.866. The SMILES string of the molecule is CN(C)C=O.Cc1ncc2cc(C)n(C3CCCC3)c2n1. The number of amides is 1. The van der Waals surface area contributed by atoms with Crippen LogP contribution < -0.4 is 0 Å². The van der Waals surface area contributed by atoms with Crippen LogP contribution in [-0.4, -0.2) is 39.9 Å². The molecule has 0 atom stereocenters. The van der Waals surface area contributed by atoms with Gasteiger partial charge < -0.3 is 9.47 Å². The molecule has 5 nitrogen and oxygen atoms in total. The number of carbonyl (C=O) groups excluding carboxylic acids is 1. The normalized spacial score (nSPS) is 14.9. The van der Waals surface area contributed by atoms with E-state index in [1.807, 2.05) is 13.1 Å². The van der Waals surface area contributed by atoms with Crippen LogP contribution in [0.5, 0.6) is 0 Å². The van der Waals surface area contributed by atoms with Gasteiger partial charge in [0.2, 0.25) is 6.41 Å². The van der Waals surface area contributed by atoms with Crippen molar-refractivity contribution in [2.24, 2.45) is 0 Å². The van der Waals surface area contributed by atoms with Gasteiger partial charge in [-0.25, -0.2) is 9.97 Å². The fourth-order valence-corrected chi connectivity index (χ4v) is 2.85. The van der Waals surface area contributed by atoms with Crippen molar-refractivity contribution >= 4 is 17.4 Å². The quantitative estimate of drug-likeness (QED) is 0.798. The summed E-state index contributed by atoms with van der Waals surface area (Å²) in [5.41, 5.74) is 2.44. The number of hydrogen-bond acceptors (Lipinski definition) is 3. The summed E-state index contributed by atoms with van der Waals surface area (Å²) in [6.07, 6.45) is 8.00. The van der Waals surface area contributed by atoms with Gasteiger partial charge in [-0.15, -0.1) is 0 Å². The summed E-state index contributed by atoms with van der Waals surface area (Å²) in [6.45, 7) is 4.14. The molecule has 21 heavy (non-hydrogen) atoms. The minimum absolute atomic E-state index is 0.659. The molecule has 0 N–H and O–H groups in total. The number of carbonyl (C=O) groups is 1. The van der Waals surface area contributed by atoms with E-state index in [1.165, 1.54) is 41.7 Å². The van der Waals surface area contributed by atoms with Gasteiger partial charge in [0.15, 0.2) is 0 Å². The smallest absolute Gasteiger partial charge is 0.209 e. The van der Waals surface area contributed by atoms with Crippen molar-refractivity contribution < 1.29 is 4.79 Å². The Morgan fingerprint density at radius 1 is 1.29 bits per heavy atom. The number of rotatable bonds is 2. The maximum atomic E-state index is 9.43. The first-order chi connectivity index (χ1) is 10.0. The van der Waals surface area contributed by atoms with E-state index in [0.29, 0.717) is 6.04 Å². The molecule has 0 spiro atoms. The van der Waals surface area contributed by atoms with Gasteiger partial charge in [-0.2, -0.15) is 0 Å². The molecule has 1 saturated carbocycles. The van der Waals surface area contributed by atoms with E-state index in [9.17, 15) is 4.79 Å². The van der Waals surface area contributed by atoms with Crippen molar-refractivity contribution in [2.75, 3.05) is 14.1 Å². The second-order valence-corrected chi connectivity index (χ2v) is 5.86. The van der Waals surface area contributed by atoms with Gasteiger partial charge in [-0.3, -0.25) is 4.79 Å². The van der Waals surface area contributed by atoms with Gasteiger partial charge >= 0.3 is 0 Å². The summed E-state index contributed by atoms with van der Waals surface area (Å²) in [4.78, 5) is 19.7. The average Bonchev–Trinajstić information content (AvgIpc) is 3.05. The van der Waals surface area contributed by atoms with Gasteiger partial charge in [-0.05, 0) is 32.8 Å². The average molecular weight is 288 g/mol. The van der Waals surface area contributed by atoms with Crippen LogP contribution in [0, 0.1) is 13.8 Å². The largest absolute Gasteiger partial charge is 0.351 e. The lowest BCUT2D eigenvalue weighted by Gasteiger charge is -2.15. The van der Waals surface area contributed by atoms with Crippen molar-refractivity contribution in [2.45, 2.75) is 45.6 Å². The molecule has 0 unspecified atom stereocenters. The fraction of sp³-hybridized carbons (Fsp3) is 0.562. The van der Waals surface area contributed by atoms with E-state index in [0.717, 1.165) is 17.9 Å². The Morgan fingerprint density at radius 3 is 2.48 bits per heavy atom. The lowest BCUT2D eigenvalue weighted by Crippen LogP contribution is -2.07. The van der Waals surface area contributed by atoms with Crippen LogP contribution in [0.4, 0.5) is 0 Å². The Balaban J connectivity index is 0.000000282. The Bertz CT molecular complexity index is 612. The molecule has 0 aromatic carbocycles. The molecule has 1 amide bonds. The number of aryl methyl sites for hydroxylation is 2. The molecule has 2 aromatic rings. The highest BCUT2D eigenvalue weighted by molar-refractivity contribution is 5.76. The third kappa shape index (κ3) is 3.60. The van der Waals surface area contributed by atoms with Gasteiger partial charge in [0, 0.05) is 37.4 Å². The lowest BCUT2D eigenvalue weighted by atomic mass is 10.2. The van der Waals surface area contributed by atoms with Gasteiger partial charge in [0.1, 0.15) is 11.5 Å². The minimum atomic E-state index is 0.659. The Morgan fingerprint density at radius 2 is 1.90 bits per heavy atom. The predicted molar refractivity (Wildman–Crippen MR) is 84.3 cm³/mol. The molecule has 1 fully saturated rings. The van der Waals surface area contributed by atoms with Crippen LogP contribution in [0.2, 0.25) is 0 Å². The molecule has 1 aliphatic rings. The van der Waals surface area contributed by atoms with Crippen molar-refractivity contribution in [1.82, 2.24) is 19.4 Å². The standard InChI is InChI=1S/C13H17N3.C3H7NO/c1-9-7-11-8-14-10(2)15-13(11)16(9)12-5-3-4-6-12;1-4(2)3-5/h7-8,12H,3-6H2,1-2H3;3H,1-2H3. The molecular formula is C16H24N4O. The van der Waals surface area contributed by atoms with Crippen LogP contribution in [0.1, 0.15) is 43.2 Å². The molecule has 3 rings (SSSR count). The summed E-state index contributed by atoms with van der Waals surface area (Å²) >= 11 is 0. The molecule has 0 bridgehead atoms.